The number of anilines is 6. The number of fused-ring (bicyclic) bond motifs is 2. The van der Waals surface area contributed by atoms with E-state index in [9.17, 15) is 0 Å². The first-order valence-electron chi connectivity index (χ1n) is 16.2. The van der Waals surface area contributed by atoms with Gasteiger partial charge in [-0.15, -0.1) is 0 Å². The summed E-state index contributed by atoms with van der Waals surface area (Å²) in [5, 5.41) is 9.09. The van der Waals surface area contributed by atoms with Crippen LogP contribution in [0.1, 0.15) is 23.6 Å². The molecule has 0 fully saturated rings. The highest BCUT2D eigenvalue weighted by Crippen LogP contribution is 2.45. The lowest BCUT2D eigenvalue weighted by molar-refractivity contribution is 0.820. The minimum atomic E-state index is -0.0919. The van der Waals surface area contributed by atoms with Crippen molar-refractivity contribution in [3.63, 3.8) is 0 Å². The lowest BCUT2D eigenvalue weighted by Crippen LogP contribution is -2.14. The van der Waals surface area contributed by atoms with Crippen LogP contribution in [0.4, 0.5) is 39.8 Å². The molecular formula is C38H28N12. The highest BCUT2D eigenvalue weighted by Gasteiger charge is 2.29. The molecule has 12 nitrogen and oxygen atoms in total. The molecule has 50 heavy (non-hydrogen) atoms. The van der Waals surface area contributed by atoms with Gasteiger partial charge in [0, 0.05) is 56.9 Å². The summed E-state index contributed by atoms with van der Waals surface area (Å²) < 4.78 is 3.97. The van der Waals surface area contributed by atoms with E-state index in [1.807, 2.05) is 100 Å². The van der Waals surface area contributed by atoms with Crippen LogP contribution in [0.25, 0.3) is 44.7 Å². The Morgan fingerprint density at radius 3 is 2.12 bits per heavy atom. The number of nitrogens with one attached hydrogen (secondary N) is 2. The van der Waals surface area contributed by atoms with Crippen LogP contribution in [0.5, 0.6) is 0 Å². The largest absolute Gasteiger partial charge is 0.399 e. The molecule has 0 saturated heterocycles. The van der Waals surface area contributed by atoms with Gasteiger partial charge in [0.1, 0.15) is 12.7 Å². The molecule has 0 aliphatic carbocycles. The summed E-state index contributed by atoms with van der Waals surface area (Å²) in [7, 11) is 0. The van der Waals surface area contributed by atoms with Gasteiger partial charge in [-0.25, -0.2) is 24.3 Å². The van der Waals surface area contributed by atoms with Crippen LogP contribution >= 0.6 is 0 Å². The van der Waals surface area contributed by atoms with Crippen LogP contribution in [-0.2, 0) is 0 Å². The Balaban J connectivity index is 1.16. The minimum absolute atomic E-state index is 0.0919. The number of benzene rings is 4. The molecule has 5 heterocycles. The zero-order chi connectivity index (χ0) is 33.3. The van der Waals surface area contributed by atoms with Gasteiger partial charge in [-0.3, -0.25) is 9.56 Å². The van der Waals surface area contributed by atoms with Crippen molar-refractivity contribution in [1.82, 2.24) is 33.9 Å². The Kier molecular flexibility index (Phi) is 6.00. The summed E-state index contributed by atoms with van der Waals surface area (Å²) in [5.41, 5.74) is 22.6. The van der Waals surface area contributed by atoms with Gasteiger partial charge in [0.15, 0.2) is 5.82 Å². The predicted octanol–water partition coefficient (Wildman–Crippen LogP) is 7.49. The molecule has 0 saturated carbocycles. The van der Waals surface area contributed by atoms with Crippen LogP contribution in [0.15, 0.2) is 115 Å². The van der Waals surface area contributed by atoms with Crippen LogP contribution in [0, 0.1) is 0 Å². The maximum atomic E-state index is 5.97. The third kappa shape index (κ3) is 4.32. The molecule has 9 aromatic rings. The Bertz CT molecular complexity index is 2760. The number of aliphatic imine (C=N–C) groups is 1. The quantitative estimate of drug-likeness (QED) is 0.133. The molecule has 0 radical (unpaired) electrons. The third-order valence-electron chi connectivity index (χ3n) is 9.35. The smallest absolute Gasteiger partial charge is 0.240 e. The molecule has 6 N–H and O–H groups in total. The first-order chi connectivity index (χ1) is 24.6. The zero-order valence-corrected chi connectivity index (χ0v) is 26.5. The normalized spacial score (nSPS) is 14.2. The van der Waals surface area contributed by atoms with Crippen molar-refractivity contribution in [3.05, 3.63) is 121 Å². The number of hydrogen-bond donors (Lipinski definition) is 4. The summed E-state index contributed by atoms with van der Waals surface area (Å²) >= 11 is 0. The van der Waals surface area contributed by atoms with Crippen molar-refractivity contribution in [2.75, 3.05) is 22.1 Å². The summed E-state index contributed by atoms with van der Waals surface area (Å²) in [6.07, 6.45) is 5.99. The van der Waals surface area contributed by atoms with Gasteiger partial charge in [0.2, 0.25) is 11.6 Å². The molecule has 240 valence electrons. The van der Waals surface area contributed by atoms with E-state index in [1.54, 1.807) is 0 Å². The molecule has 1 aliphatic heterocycles. The summed E-state index contributed by atoms with van der Waals surface area (Å²) in [6.45, 7) is 0. The molecule has 5 aromatic carbocycles. The van der Waals surface area contributed by atoms with E-state index in [0.717, 1.165) is 67.0 Å². The number of nitrogens with zero attached hydrogens (tertiary/aromatic N) is 8. The van der Waals surface area contributed by atoms with Gasteiger partial charge in [0.05, 0.1) is 33.6 Å². The number of nitrogens with two attached hydrogens (primary N) is 2. The van der Waals surface area contributed by atoms with Crippen molar-refractivity contribution >= 4 is 84.9 Å². The average molecular weight is 653 g/mol. The predicted molar refractivity (Wildman–Crippen MR) is 199 cm³/mol. The van der Waals surface area contributed by atoms with Crippen molar-refractivity contribution in [2.45, 2.75) is 12.3 Å². The number of nitrogen functional groups attached to an aromatic ring is 2. The highest BCUT2D eigenvalue weighted by molar-refractivity contribution is 6.06. The molecule has 1 unspecified atom stereocenters. The van der Waals surface area contributed by atoms with Crippen LogP contribution in [0.3, 0.4) is 0 Å². The number of aromatic nitrogens is 7. The molecule has 1 atom stereocenters. The van der Waals surface area contributed by atoms with Crippen molar-refractivity contribution < 1.29 is 0 Å². The maximum absolute atomic E-state index is 5.97. The van der Waals surface area contributed by atoms with E-state index < -0.39 is 0 Å². The molecular weight excluding hydrogens is 625 g/mol. The Morgan fingerprint density at radius 2 is 1.34 bits per heavy atom. The molecule has 0 spiro atoms. The highest BCUT2D eigenvalue weighted by atomic mass is 15.2. The summed E-state index contributed by atoms with van der Waals surface area (Å²) in [6, 6.07) is 31.8. The average Bonchev–Trinajstić information content (AvgIpc) is 3.79. The SMILES string of the molecule is Nc1ccc(Nc2cccc3c2C(c2nc4ncnc5nc(-n6cnc7cccc(Nc8ccc(N)cc8)c76)c6ccc2c6n45)CC=N3)cc1. The van der Waals surface area contributed by atoms with E-state index in [4.69, 9.17) is 31.4 Å². The summed E-state index contributed by atoms with van der Waals surface area (Å²) in [4.78, 5) is 29.1. The van der Waals surface area contributed by atoms with Crippen LogP contribution in [0.2, 0.25) is 0 Å². The Labute approximate surface area is 284 Å². The van der Waals surface area contributed by atoms with Crippen molar-refractivity contribution in [1.29, 1.82) is 0 Å². The second-order valence-corrected chi connectivity index (χ2v) is 12.4. The third-order valence-corrected chi connectivity index (χ3v) is 9.35. The summed E-state index contributed by atoms with van der Waals surface area (Å²) in [5.74, 6) is 1.64. The Morgan fingerprint density at radius 1 is 0.660 bits per heavy atom. The maximum Gasteiger partial charge on any atom is 0.240 e. The fraction of sp³-hybridized carbons (Fsp3) is 0.0526. The molecule has 0 amide bonds. The van der Waals surface area contributed by atoms with Gasteiger partial charge < -0.3 is 22.1 Å². The fourth-order valence-electron chi connectivity index (χ4n) is 7.10. The Hall–Kier alpha value is -7.08. The van der Waals surface area contributed by atoms with Crippen LogP contribution in [-0.4, -0.2) is 40.1 Å². The monoisotopic (exact) mass is 652 g/mol. The second-order valence-electron chi connectivity index (χ2n) is 12.4. The lowest BCUT2D eigenvalue weighted by atomic mass is 9.86. The molecule has 10 rings (SSSR count). The second kappa shape index (κ2) is 10.7. The van der Waals surface area contributed by atoms with Gasteiger partial charge in [0.25, 0.3) is 0 Å². The first kappa shape index (κ1) is 28.0. The molecule has 1 aliphatic rings. The number of rotatable bonds is 6. The molecule has 0 bridgehead atoms. The number of hydrogen-bond acceptors (Lipinski definition) is 10. The van der Waals surface area contributed by atoms with E-state index in [2.05, 4.69) is 38.8 Å². The lowest BCUT2D eigenvalue weighted by Gasteiger charge is -2.25. The van der Waals surface area contributed by atoms with Gasteiger partial charge >= 0.3 is 0 Å². The standard InChI is InChI=1S/C38H28N12/c39-21-7-11-23(12-8-21)45-29-4-1-3-28-32(29)25(17-18-41-28)33-26-15-16-27-34(26)50-37(47-33)42-19-43-38(50)48-36(27)49-20-44-30-5-2-6-31(35(30)49)46-24-13-9-22(40)10-14-24/h1-16,18-20,25,45-46H,17,39-40H2. The van der Waals surface area contributed by atoms with E-state index >= 15 is 0 Å². The molecule has 4 aromatic heterocycles. The fourth-order valence-corrected chi connectivity index (χ4v) is 7.10. The van der Waals surface area contributed by atoms with Crippen LogP contribution < -0.4 is 22.1 Å². The minimum Gasteiger partial charge on any atom is -0.399 e. The number of imidazole rings is 1. The van der Waals surface area contributed by atoms with E-state index in [1.165, 1.54) is 6.33 Å². The first-order valence-corrected chi connectivity index (χ1v) is 16.2. The van der Waals surface area contributed by atoms with E-state index in [-0.39, 0.29) is 5.92 Å². The van der Waals surface area contributed by atoms with Gasteiger partial charge in [-0.05, 0) is 85.3 Å². The zero-order valence-electron chi connectivity index (χ0n) is 26.5. The van der Waals surface area contributed by atoms with Crippen molar-refractivity contribution in [2.24, 2.45) is 4.99 Å². The van der Waals surface area contributed by atoms with Gasteiger partial charge in [-0.2, -0.15) is 4.98 Å². The van der Waals surface area contributed by atoms with E-state index in [0.29, 0.717) is 35.2 Å². The van der Waals surface area contributed by atoms with Crippen molar-refractivity contribution in [3.8, 4) is 5.82 Å². The number of para-hydroxylation sites is 1. The topological polar surface area (TPSA) is 162 Å². The molecule has 12 heteroatoms. The van der Waals surface area contributed by atoms with Gasteiger partial charge in [-0.1, -0.05) is 18.2 Å².